The molecule has 0 radical (unpaired) electrons. The number of aromatic nitrogens is 1. The van der Waals surface area contributed by atoms with Crippen LogP contribution in [0.1, 0.15) is 16.7 Å². The van der Waals surface area contributed by atoms with E-state index in [1.165, 1.54) is 18.3 Å². The van der Waals surface area contributed by atoms with Gasteiger partial charge in [0, 0.05) is 17.5 Å². The van der Waals surface area contributed by atoms with Crippen LogP contribution in [0.5, 0.6) is 0 Å². The molecule has 0 amide bonds. The second-order valence-electron chi connectivity index (χ2n) is 5.64. The van der Waals surface area contributed by atoms with Crippen LogP contribution in [0.3, 0.4) is 0 Å². The van der Waals surface area contributed by atoms with Gasteiger partial charge in [0.2, 0.25) is 0 Å². The number of hydrogen-bond acceptors (Lipinski definition) is 2. The van der Waals surface area contributed by atoms with Crippen LogP contribution in [0.4, 0.5) is 13.2 Å². The maximum atomic E-state index is 12.7. The Hall–Kier alpha value is -3.02. The molecule has 1 aromatic heterocycles. The lowest BCUT2D eigenvalue weighted by molar-refractivity contribution is -0.137. The standard InChI is InChI=1S/C19H14F3NO2/c20-19(21,22)17-8-6-14(7-9-17)16-11-15(18(24)23(25)12-16)10-13-4-2-1-3-5-13/h1-9,11-12,25H,10H2. The zero-order chi connectivity index (χ0) is 18.0. The molecule has 3 rings (SSSR count). The molecule has 2 aromatic carbocycles. The second kappa shape index (κ2) is 6.47. The first-order valence-corrected chi connectivity index (χ1v) is 7.51. The van der Waals surface area contributed by atoms with Crippen molar-refractivity contribution >= 4 is 0 Å². The fraction of sp³-hybridized carbons (Fsp3) is 0.105. The summed E-state index contributed by atoms with van der Waals surface area (Å²) in [6, 6.07) is 15.4. The molecule has 6 heteroatoms. The van der Waals surface area contributed by atoms with Crippen LogP contribution in [0.15, 0.2) is 71.7 Å². The van der Waals surface area contributed by atoms with Crippen molar-refractivity contribution in [3.05, 3.63) is 93.9 Å². The Bertz CT molecular complexity index is 930. The highest BCUT2D eigenvalue weighted by Crippen LogP contribution is 2.31. The molecule has 25 heavy (non-hydrogen) atoms. The van der Waals surface area contributed by atoms with Crippen LogP contribution < -0.4 is 5.56 Å². The monoisotopic (exact) mass is 345 g/mol. The van der Waals surface area contributed by atoms with Crippen LogP contribution in [-0.4, -0.2) is 9.94 Å². The van der Waals surface area contributed by atoms with Gasteiger partial charge in [-0.05, 0) is 29.3 Å². The SMILES string of the molecule is O=c1c(Cc2ccccc2)cc(-c2ccc(C(F)(F)F)cc2)cn1O. The third-order valence-corrected chi connectivity index (χ3v) is 3.86. The van der Waals surface area contributed by atoms with Gasteiger partial charge in [0.1, 0.15) is 0 Å². The normalized spacial score (nSPS) is 11.5. The van der Waals surface area contributed by atoms with Gasteiger partial charge in [0.05, 0.1) is 11.8 Å². The van der Waals surface area contributed by atoms with Crippen LogP contribution >= 0.6 is 0 Å². The van der Waals surface area contributed by atoms with Gasteiger partial charge in [-0.3, -0.25) is 4.79 Å². The van der Waals surface area contributed by atoms with Crippen molar-refractivity contribution in [3.8, 4) is 11.1 Å². The number of pyridine rings is 1. The minimum absolute atomic E-state index is 0.314. The van der Waals surface area contributed by atoms with Gasteiger partial charge in [0.25, 0.3) is 5.56 Å². The summed E-state index contributed by atoms with van der Waals surface area (Å²) in [5, 5.41) is 9.83. The predicted molar refractivity (Wildman–Crippen MR) is 87.6 cm³/mol. The van der Waals surface area contributed by atoms with E-state index < -0.39 is 17.3 Å². The maximum Gasteiger partial charge on any atom is 0.416 e. The minimum atomic E-state index is -4.41. The summed E-state index contributed by atoms with van der Waals surface area (Å²) < 4.78 is 38.4. The van der Waals surface area contributed by atoms with Gasteiger partial charge in [0.15, 0.2) is 0 Å². The molecular formula is C19H14F3NO2. The Kier molecular flexibility index (Phi) is 4.35. The molecule has 1 N–H and O–H groups in total. The van der Waals surface area contributed by atoms with E-state index in [0.717, 1.165) is 17.7 Å². The van der Waals surface area contributed by atoms with E-state index in [4.69, 9.17) is 0 Å². The lowest BCUT2D eigenvalue weighted by Gasteiger charge is -2.10. The Morgan fingerprint density at radius 2 is 1.56 bits per heavy atom. The van der Waals surface area contributed by atoms with Gasteiger partial charge in [-0.2, -0.15) is 17.9 Å². The number of alkyl halides is 3. The van der Waals surface area contributed by atoms with Gasteiger partial charge in [-0.1, -0.05) is 42.5 Å². The molecule has 0 fully saturated rings. The molecule has 0 unspecified atom stereocenters. The lowest BCUT2D eigenvalue weighted by Crippen LogP contribution is -2.21. The van der Waals surface area contributed by atoms with Gasteiger partial charge in [-0.25, -0.2) is 0 Å². The first-order valence-electron chi connectivity index (χ1n) is 7.51. The molecule has 0 saturated heterocycles. The van der Waals surface area contributed by atoms with E-state index in [1.807, 2.05) is 30.3 Å². The fourth-order valence-corrected chi connectivity index (χ4v) is 2.58. The molecule has 0 aliphatic rings. The molecule has 1 heterocycles. The van der Waals surface area contributed by atoms with E-state index in [9.17, 15) is 23.2 Å². The zero-order valence-corrected chi connectivity index (χ0v) is 13.0. The van der Waals surface area contributed by atoms with Gasteiger partial charge >= 0.3 is 6.18 Å². The van der Waals surface area contributed by atoms with Crippen molar-refractivity contribution in [2.45, 2.75) is 12.6 Å². The lowest BCUT2D eigenvalue weighted by atomic mass is 10.0. The minimum Gasteiger partial charge on any atom is -0.425 e. The van der Waals surface area contributed by atoms with E-state index >= 15 is 0 Å². The summed E-state index contributed by atoms with van der Waals surface area (Å²) in [5.41, 5.74) is 0.875. The molecule has 0 bridgehead atoms. The van der Waals surface area contributed by atoms with Crippen molar-refractivity contribution in [2.75, 3.05) is 0 Å². The summed E-state index contributed by atoms with van der Waals surface area (Å²) in [5.74, 6) is 0. The summed E-state index contributed by atoms with van der Waals surface area (Å²) in [4.78, 5) is 12.1. The van der Waals surface area contributed by atoms with E-state index in [-0.39, 0.29) is 0 Å². The van der Waals surface area contributed by atoms with Gasteiger partial charge in [-0.15, -0.1) is 0 Å². The topological polar surface area (TPSA) is 42.2 Å². The Balaban J connectivity index is 1.99. The van der Waals surface area contributed by atoms with E-state index in [2.05, 4.69) is 0 Å². The molecule has 0 aliphatic heterocycles. The Morgan fingerprint density at radius 3 is 2.16 bits per heavy atom. The largest absolute Gasteiger partial charge is 0.425 e. The number of benzene rings is 2. The molecule has 128 valence electrons. The molecule has 3 aromatic rings. The summed E-state index contributed by atoms with van der Waals surface area (Å²) in [7, 11) is 0. The highest BCUT2D eigenvalue weighted by molar-refractivity contribution is 5.63. The first kappa shape index (κ1) is 16.8. The third-order valence-electron chi connectivity index (χ3n) is 3.86. The summed E-state index contributed by atoms with van der Waals surface area (Å²) >= 11 is 0. The van der Waals surface area contributed by atoms with Crippen molar-refractivity contribution in [3.63, 3.8) is 0 Å². The molecule has 3 nitrogen and oxygen atoms in total. The summed E-state index contributed by atoms with van der Waals surface area (Å²) in [6.45, 7) is 0. The van der Waals surface area contributed by atoms with Gasteiger partial charge < -0.3 is 5.21 Å². The second-order valence-corrected chi connectivity index (χ2v) is 5.64. The third kappa shape index (κ3) is 3.74. The molecule has 0 aliphatic carbocycles. The quantitative estimate of drug-likeness (QED) is 0.717. The summed E-state index contributed by atoms with van der Waals surface area (Å²) in [6.07, 6.45) is -2.90. The smallest absolute Gasteiger partial charge is 0.416 e. The fourth-order valence-electron chi connectivity index (χ4n) is 2.58. The Labute approximate surface area is 141 Å². The van der Waals surface area contributed by atoms with E-state index in [0.29, 0.717) is 27.8 Å². The van der Waals surface area contributed by atoms with E-state index in [1.54, 1.807) is 6.07 Å². The van der Waals surface area contributed by atoms with Crippen LogP contribution in [0.2, 0.25) is 0 Å². The number of halogens is 3. The van der Waals surface area contributed by atoms with Crippen molar-refractivity contribution in [2.24, 2.45) is 0 Å². The highest BCUT2D eigenvalue weighted by atomic mass is 19.4. The Morgan fingerprint density at radius 1 is 0.920 bits per heavy atom. The molecular weight excluding hydrogens is 331 g/mol. The maximum absolute atomic E-state index is 12.7. The zero-order valence-electron chi connectivity index (χ0n) is 13.0. The highest BCUT2D eigenvalue weighted by Gasteiger charge is 2.30. The first-order chi connectivity index (χ1) is 11.8. The van der Waals surface area contributed by atoms with Crippen LogP contribution in [0, 0.1) is 0 Å². The van der Waals surface area contributed by atoms with Crippen molar-refractivity contribution < 1.29 is 18.4 Å². The van der Waals surface area contributed by atoms with Crippen LogP contribution in [0.25, 0.3) is 11.1 Å². The predicted octanol–water partition coefficient (Wildman–Crippen LogP) is 4.36. The molecule has 0 saturated carbocycles. The van der Waals surface area contributed by atoms with Crippen molar-refractivity contribution in [1.29, 1.82) is 0 Å². The number of nitrogens with zero attached hydrogens (tertiary/aromatic N) is 1. The number of hydrogen-bond donors (Lipinski definition) is 1. The average molecular weight is 345 g/mol. The molecule has 0 spiro atoms. The number of rotatable bonds is 3. The average Bonchev–Trinajstić information content (AvgIpc) is 2.59. The molecule has 0 atom stereocenters. The van der Waals surface area contributed by atoms with Crippen LogP contribution in [-0.2, 0) is 12.6 Å². The van der Waals surface area contributed by atoms with Crippen molar-refractivity contribution in [1.82, 2.24) is 4.73 Å².